The third kappa shape index (κ3) is 3.23. The fraction of sp³-hybridized carbons (Fsp3) is 0.571. The third-order valence-electron chi connectivity index (χ3n) is 3.53. The molecule has 1 aromatic carbocycles. The van der Waals surface area contributed by atoms with Crippen molar-refractivity contribution in [3.63, 3.8) is 0 Å². The summed E-state index contributed by atoms with van der Waals surface area (Å²) in [5.74, 6) is -0.343. The van der Waals surface area contributed by atoms with Gasteiger partial charge >= 0.3 is 0 Å². The largest absolute Gasteiger partial charge is 0.309 e. The molecule has 1 nitrogen and oxygen atoms in total. The van der Waals surface area contributed by atoms with Gasteiger partial charge in [-0.1, -0.05) is 6.07 Å². The zero-order chi connectivity index (χ0) is 13.2. The number of thioether (sulfide) groups is 1. The fourth-order valence-corrected chi connectivity index (χ4v) is 3.50. The molecule has 0 radical (unpaired) electrons. The molecule has 2 rings (SSSR count). The summed E-state index contributed by atoms with van der Waals surface area (Å²) in [6.07, 6.45) is 2.48. The molecule has 0 saturated carbocycles. The van der Waals surface area contributed by atoms with Gasteiger partial charge in [-0.05, 0) is 50.1 Å². The Labute approximate surface area is 111 Å². The summed E-state index contributed by atoms with van der Waals surface area (Å²) in [6, 6.07) is 4.14. The van der Waals surface area contributed by atoms with Gasteiger partial charge < -0.3 is 5.32 Å². The van der Waals surface area contributed by atoms with Gasteiger partial charge in [0.1, 0.15) is 0 Å². The summed E-state index contributed by atoms with van der Waals surface area (Å²) in [7, 11) is 0. The molecule has 0 spiro atoms. The van der Waals surface area contributed by atoms with Crippen molar-refractivity contribution in [3.8, 4) is 0 Å². The van der Waals surface area contributed by atoms with Gasteiger partial charge in [0.05, 0.1) is 0 Å². The summed E-state index contributed by atoms with van der Waals surface area (Å²) in [4.78, 5) is 0. The molecule has 1 saturated heterocycles. The lowest BCUT2D eigenvalue weighted by Crippen LogP contribution is -2.34. The van der Waals surface area contributed by atoms with E-state index in [0.717, 1.165) is 12.1 Å². The Morgan fingerprint density at radius 3 is 2.78 bits per heavy atom. The van der Waals surface area contributed by atoms with Crippen LogP contribution >= 0.6 is 11.8 Å². The monoisotopic (exact) mass is 271 g/mol. The molecule has 1 fully saturated rings. The summed E-state index contributed by atoms with van der Waals surface area (Å²) in [5.41, 5.74) is 0.792. The highest BCUT2D eigenvalue weighted by Crippen LogP contribution is 2.37. The van der Waals surface area contributed by atoms with Crippen LogP contribution in [0.4, 0.5) is 8.78 Å². The first-order valence-electron chi connectivity index (χ1n) is 6.32. The van der Waals surface area contributed by atoms with E-state index in [9.17, 15) is 8.78 Å². The highest BCUT2D eigenvalue weighted by Gasteiger charge is 2.29. The number of nitrogens with one attached hydrogen (secondary N) is 1. The van der Waals surface area contributed by atoms with Crippen molar-refractivity contribution in [2.24, 2.45) is 0 Å². The van der Waals surface area contributed by atoms with Gasteiger partial charge in [-0.15, -0.1) is 0 Å². The van der Waals surface area contributed by atoms with Crippen LogP contribution in [0, 0.1) is 11.6 Å². The number of halogens is 2. The van der Waals surface area contributed by atoms with E-state index in [4.69, 9.17) is 0 Å². The molecule has 4 heteroatoms. The van der Waals surface area contributed by atoms with Crippen molar-refractivity contribution in [2.45, 2.75) is 37.5 Å². The Hall–Kier alpha value is -0.610. The van der Waals surface area contributed by atoms with E-state index < -0.39 is 11.6 Å². The van der Waals surface area contributed by atoms with E-state index in [1.165, 1.54) is 30.7 Å². The first-order chi connectivity index (χ1) is 8.50. The van der Waals surface area contributed by atoms with E-state index >= 15 is 0 Å². The summed E-state index contributed by atoms with van der Waals surface area (Å²) >= 11 is 1.99. The van der Waals surface area contributed by atoms with E-state index in [2.05, 4.69) is 12.2 Å². The lowest BCUT2D eigenvalue weighted by molar-refractivity contribution is 0.480. The molecular weight excluding hydrogens is 252 g/mol. The second kappa shape index (κ2) is 5.57. The molecular formula is C14H19F2NS. The quantitative estimate of drug-likeness (QED) is 0.891. The molecule has 0 amide bonds. The minimum absolute atomic E-state index is 0.0399. The maximum absolute atomic E-state index is 13.1. The molecule has 0 bridgehead atoms. The van der Waals surface area contributed by atoms with E-state index in [-0.39, 0.29) is 10.8 Å². The fourth-order valence-electron chi connectivity index (χ4n) is 2.24. The molecule has 1 N–H and O–H groups in total. The minimum atomic E-state index is -0.788. The number of rotatable bonds is 4. The topological polar surface area (TPSA) is 12.0 Å². The van der Waals surface area contributed by atoms with Crippen LogP contribution in [0.3, 0.4) is 0 Å². The second-order valence-corrected chi connectivity index (χ2v) is 6.86. The maximum Gasteiger partial charge on any atom is 0.159 e. The van der Waals surface area contributed by atoms with Crippen LogP contribution in [-0.2, 0) is 0 Å². The second-order valence-electron chi connectivity index (χ2n) is 5.18. The zero-order valence-corrected chi connectivity index (χ0v) is 11.6. The van der Waals surface area contributed by atoms with Crippen molar-refractivity contribution in [3.05, 3.63) is 35.4 Å². The maximum atomic E-state index is 13.1. The summed E-state index contributed by atoms with van der Waals surface area (Å²) in [6.45, 7) is 5.14. The Kier molecular flexibility index (Phi) is 4.28. The molecule has 2 atom stereocenters. The van der Waals surface area contributed by atoms with E-state index in [1.54, 1.807) is 6.07 Å². The van der Waals surface area contributed by atoms with Gasteiger partial charge in [-0.3, -0.25) is 0 Å². The Morgan fingerprint density at radius 2 is 2.17 bits per heavy atom. The number of hydrogen-bond donors (Lipinski definition) is 1. The predicted octanol–water partition coefficient (Wildman–Crippen LogP) is 3.90. The van der Waals surface area contributed by atoms with Crippen LogP contribution in [0.15, 0.2) is 18.2 Å². The average molecular weight is 271 g/mol. The van der Waals surface area contributed by atoms with E-state index in [0.29, 0.717) is 0 Å². The van der Waals surface area contributed by atoms with Crippen molar-refractivity contribution in [1.82, 2.24) is 5.32 Å². The lowest BCUT2D eigenvalue weighted by Gasteiger charge is -2.26. The van der Waals surface area contributed by atoms with Crippen LogP contribution in [0.1, 0.15) is 38.3 Å². The zero-order valence-electron chi connectivity index (χ0n) is 10.8. The molecule has 0 aromatic heterocycles. The van der Waals surface area contributed by atoms with Crippen LogP contribution < -0.4 is 5.32 Å². The highest BCUT2D eigenvalue weighted by atomic mass is 32.2. The summed E-state index contributed by atoms with van der Waals surface area (Å²) < 4.78 is 26.3. The van der Waals surface area contributed by atoms with Gasteiger partial charge in [0.25, 0.3) is 0 Å². The van der Waals surface area contributed by atoms with E-state index in [1.807, 2.05) is 18.7 Å². The molecule has 2 unspecified atom stereocenters. The van der Waals surface area contributed by atoms with Crippen LogP contribution in [0.2, 0.25) is 0 Å². The van der Waals surface area contributed by atoms with Crippen LogP contribution in [0.5, 0.6) is 0 Å². The van der Waals surface area contributed by atoms with Crippen LogP contribution in [0.25, 0.3) is 0 Å². The van der Waals surface area contributed by atoms with Gasteiger partial charge in [0.2, 0.25) is 0 Å². The van der Waals surface area contributed by atoms with Crippen molar-refractivity contribution in [2.75, 3.05) is 12.3 Å². The molecule has 18 heavy (non-hydrogen) atoms. The minimum Gasteiger partial charge on any atom is -0.309 e. The Bertz CT molecular complexity index is 416. The molecule has 100 valence electrons. The molecule has 1 heterocycles. The Balaban J connectivity index is 1.94. The molecule has 1 aliphatic rings. The SMILES string of the molecule is CC(NCC1(C)CCCS1)c1ccc(F)c(F)c1. The number of hydrogen-bond acceptors (Lipinski definition) is 2. The van der Waals surface area contributed by atoms with Gasteiger partial charge in [-0.25, -0.2) is 8.78 Å². The highest BCUT2D eigenvalue weighted by molar-refractivity contribution is 8.00. The summed E-state index contributed by atoms with van der Waals surface area (Å²) in [5, 5.41) is 3.42. The molecule has 1 aromatic rings. The predicted molar refractivity (Wildman–Crippen MR) is 72.9 cm³/mol. The normalized spacial score (nSPS) is 25.3. The molecule has 1 aliphatic heterocycles. The number of benzene rings is 1. The van der Waals surface area contributed by atoms with Crippen molar-refractivity contribution in [1.29, 1.82) is 0 Å². The third-order valence-corrected chi connectivity index (χ3v) is 5.06. The van der Waals surface area contributed by atoms with Gasteiger partial charge in [-0.2, -0.15) is 11.8 Å². The van der Waals surface area contributed by atoms with Crippen molar-refractivity contribution < 1.29 is 8.78 Å². The van der Waals surface area contributed by atoms with Gasteiger partial charge in [0, 0.05) is 17.3 Å². The van der Waals surface area contributed by atoms with Gasteiger partial charge in [0.15, 0.2) is 11.6 Å². The average Bonchev–Trinajstić information content (AvgIpc) is 2.77. The van der Waals surface area contributed by atoms with Crippen LogP contribution in [-0.4, -0.2) is 17.0 Å². The molecule has 0 aliphatic carbocycles. The first kappa shape index (κ1) is 13.8. The lowest BCUT2D eigenvalue weighted by atomic mass is 10.0. The standard InChI is InChI=1S/C14H19F2NS/c1-10(11-4-5-12(15)13(16)8-11)17-9-14(2)6-3-7-18-14/h4-5,8,10,17H,3,6-7,9H2,1-2H3. The Morgan fingerprint density at radius 1 is 1.39 bits per heavy atom. The van der Waals surface area contributed by atoms with Crippen molar-refractivity contribution >= 4 is 11.8 Å². The smallest absolute Gasteiger partial charge is 0.159 e. The first-order valence-corrected chi connectivity index (χ1v) is 7.31.